The number of ether oxygens (including phenoxy) is 2. The van der Waals surface area contributed by atoms with Crippen LogP contribution in [0.1, 0.15) is 50.7 Å². The molecular formula is C60H50N4O2. The van der Waals surface area contributed by atoms with E-state index in [1.807, 2.05) is 24.4 Å². The number of hydrogen-bond acceptors (Lipinski definition) is 5. The van der Waals surface area contributed by atoms with E-state index in [9.17, 15) is 0 Å². The van der Waals surface area contributed by atoms with Gasteiger partial charge in [0.05, 0.1) is 28.1 Å². The van der Waals surface area contributed by atoms with Crippen LogP contribution in [0.3, 0.4) is 0 Å². The van der Waals surface area contributed by atoms with Crippen LogP contribution in [0.4, 0.5) is 22.7 Å². The van der Waals surface area contributed by atoms with E-state index in [-0.39, 0.29) is 0 Å². The third kappa shape index (κ3) is 7.40. The molecule has 6 heteroatoms. The van der Waals surface area contributed by atoms with Crippen LogP contribution in [-0.4, -0.2) is 16.2 Å². The Bertz CT molecular complexity index is 3290. The smallest absolute Gasteiger partial charge is 0.141 e. The molecule has 0 atom stereocenters. The molecule has 0 spiro atoms. The second kappa shape index (κ2) is 17.1. The lowest BCUT2D eigenvalue weighted by atomic mass is 9.94. The van der Waals surface area contributed by atoms with Crippen molar-refractivity contribution < 1.29 is 9.47 Å². The van der Waals surface area contributed by atoms with Crippen LogP contribution in [0, 0.1) is 0 Å². The molecule has 3 heterocycles. The molecule has 0 aliphatic carbocycles. The molecule has 66 heavy (non-hydrogen) atoms. The number of anilines is 4. The fraction of sp³-hybridized carbons (Fsp3) is 0.117. The maximum atomic E-state index is 6.80. The van der Waals surface area contributed by atoms with Gasteiger partial charge in [-0.3, -0.25) is 4.57 Å². The van der Waals surface area contributed by atoms with Crippen LogP contribution in [-0.2, 0) is 0 Å². The van der Waals surface area contributed by atoms with E-state index in [0.29, 0.717) is 18.5 Å². The van der Waals surface area contributed by atoms with Crippen molar-refractivity contribution in [2.75, 3.05) is 16.5 Å². The Balaban J connectivity index is 0.947. The quantitative estimate of drug-likeness (QED) is 0.130. The highest BCUT2D eigenvalue weighted by atomic mass is 16.5. The number of aromatic nitrogens is 2. The Hall–Kier alpha value is -8.09. The number of pyridine rings is 1. The molecule has 0 saturated heterocycles. The molecule has 0 bridgehead atoms. The second-order valence-electron chi connectivity index (χ2n) is 17.6. The summed E-state index contributed by atoms with van der Waals surface area (Å²) < 4.78 is 15.8. The first-order valence-electron chi connectivity index (χ1n) is 22.9. The van der Waals surface area contributed by atoms with Crippen LogP contribution in [0.25, 0.3) is 49.9 Å². The van der Waals surface area contributed by atoms with Gasteiger partial charge in [0.1, 0.15) is 35.5 Å². The fourth-order valence-corrected chi connectivity index (χ4v) is 9.58. The van der Waals surface area contributed by atoms with Gasteiger partial charge in [-0.15, -0.1) is 0 Å². The number of rotatable bonds is 11. The topological polar surface area (TPSA) is 42.8 Å². The summed E-state index contributed by atoms with van der Waals surface area (Å²) in [5, 5.41) is 2.26. The molecule has 2 aromatic heterocycles. The van der Waals surface area contributed by atoms with Crippen molar-refractivity contribution in [1.82, 2.24) is 9.55 Å². The Labute approximate surface area is 386 Å². The van der Waals surface area contributed by atoms with Gasteiger partial charge in [-0.2, -0.15) is 0 Å². The fourth-order valence-electron chi connectivity index (χ4n) is 9.58. The number of nitrogens with zero attached hydrogens (tertiary/aromatic N) is 4. The predicted octanol–water partition coefficient (Wildman–Crippen LogP) is 16.6. The molecule has 8 aromatic carbocycles. The molecule has 0 amide bonds. The number of hydrogen-bond donors (Lipinski definition) is 0. The lowest BCUT2D eigenvalue weighted by Crippen LogP contribution is -2.24. The van der Waals surface area contributed by atoms with Gasteiger partial charge < -0.3 is 19.3 Å². The summed E-state index contributed by atoms with van der Waals surface area (Å²) in [5.74, 6) is 4.55. The van der Waals surface area contributed by atoms with Gasteiger partial charge in [-0.1, -0.05) is 161 Å². The van der Waals surface area contributed by atoms with Gasteiger partial charge in [-0.05, 0) is 82.6 Å². The van der Waals surface area contributed by atoms with E-state index in [1.165, 1.54) is 39.1 Å². The van der Waals surface area contributed by atoms with Gasteiger partial charge in [-0.25, -0.2) is 4.98 Å². The first kappa shape index (κ1) is 40.7. The van der Waals surface area contributed by atoms with Crippen LogP contribution in [0.15, 0.2) is 206 Å². The Kier molecular flexibility index (Phi) is 10.6. The highest BCUT2D eigenvalue weighted by Crippen LogP contribution is 2.50. The van der Waals surface area contributed by atoms with E-state index in [4.69, 9.17) is 14.5 Å². The summed E-state index contributed by atoms with van der Waals surface area (Å²) in [4.78, 5) is 9.77. The average Bonchev–Trinajstić information content (AvgIpc) is 3.90. The first-order valence-corrected chi connectivity index (χ1v) is 22.9. The zero-order chi connectivity index (χ0) is 44.7. The third-order valence-electron chi connectivity index (χ3n) is 12.7. The number of para-hydroxylation sites is 5. The van der Waals surface area contributed by atoms with Crippen molar-refractivity contribution in [2.24, 2.45) is 0 Å². The van der Waals surface area contributed by atoms with Crippen LogP contribution < -0.4 is 19.3 Å². The minimum Gasteiger partial charge on any atom is -0.457 e. The Morgan fingerprint density at radius 3 is 1.73 bits per heavy atom. The normalized spacial score (nSPS) is 12.4. The largest absolute Gasteiger partial charge is 0.457 e. The van der Waals surface area contributed by atoms with E-state index in [0.717, 1.165) is 67.7 Å². The van der Waals surface area contributed by atoms with Crippen molar-refractivity contribution in [3.05, 3.63) is 218 Å². The molecule has 0 N–H and O–H groups in total. The van der Waals surface area contributed by atoms with Crippen LogP contribution in [0.5, 0.6) is 23.0 Å². The molecule has 322 valence electrons. The van der Waals surface area contributed by atoms with E-state index in [2.05, 4.69) is 224 Å². The van der Waals surface area contributed by atoms with Crippen LogP contribution in [0.2, 0.25) is 0 Å². The number of fused-ring (bicyclic) bond motifs is 4. The summed E-state index contributed by atoms with van der Waals surface area (Å²) in [5.41, 5.74) is 13.7. The molecular weight excluding hydrogens is 809 g/mol. The lowest BCUT2D eigenvalue weighted by molar-refractivity contribution is 0.462. The van der Waals surface area contributed by atoms with Crippen molar-refractivity contribution in [3.8, 4) is 51.1 Å². The molecule has 0 unspecified atom stereocenters. The predicted molar refractivity (Wildman–Crippen MR) is 273 cm³/mol. The van der Waals surface area contributed by atoms with Crippen molar-refractivity contribution in [2.45, 2.75) is 39.5 Å². The first-order chi connectivity index (χ1) is 32.4. The second-order valence-corrected chi connectivity index (χ2v) is 17.6. The molecule has 10 aromatic rings. The molecule has 0 radical (unpaired) electrons. The summed E-state index contributed by atoms with van der Waals surface area (Å²) in [7, 11) is 0. The average molecular weight is 859 g/mol. The molecule has 1 aliphatic heterocycles. The van der Waals surface area contributed by atoms with Crippen molar-refractivity contribution in [3.63, 3.8) is 0 Å². The molecule has 1 aliphatic rings. The summed E-state index contributed by atoms with van der Waals surface area (Å²) in [6.45, 7) is 9.48. The van der Waals surface area contributed by atoms with Gasteiger partial charge in [0.2, 0.25) is 0 Å². The zero-order valence-corrected chi connectivity index (χ0v) is 37.6. The van der Waals surface area contributed by atoms with Gasteiger partial charge >= 0.3 is 0 Å². The lowest BCUT2D eigenvalue weighted by Gasteiger charge is -2.27. The van der Waals surface area contributed by atoms with Gasteiger partial charge in [0, 0.05) is 52.0 Å². The maximum absolute atomic E-state index is 6.80. The summed E-state index contributed by atoms with van der Waals surface area (Å²) in [6.07, 6.45) is 1.84. The van der Waals surface area contributed by atoms with E-state index >= 15 is 0 Å². The standard InChI is InChI=1S/C60H50N4O2/c1-40(2)48-25-16-26-49(41(3)4)60(48)66-47-34-35-61-58(38-47)64-54-29-12-11-24-52(54)53-33-32-46(37-57(53)64)65-45-23-15-22-44(36-45)62-39-63(56-31-14-13-30-55(56)62)59-50(42-18-7-5-8-19-42)27-17-28-51(59)43-20-9-6-10-21-43/h5-38,40-41H,39H2,1-4H3. The van der Waals surface area contributed by atoms with Crippen molar-refractivity contribution >= 4 is 44.6 Å². The van der Waals surface area contributed by atoms with Crippen LogP contribution >= 0.6 is 0 Å². The maximum Gasteiger partial charge on any atom is 0.141 e. The van der Waals surface area contributed by atoms with Crippen molar-refractivity contribution in [1.29, 1.82) is 0 Å². The monoisotopic (exact) mass is 858 g/mol. The van der Waals surface area contributed by atoms with E-state index < -0.39 is 0 Å². The Morgan fingerprint density at radius 1 is 0.455 bits per heavy atom. The third-order valence-corrected chi connectivity index (χ3v) is 12.7. The SMILES string of the molecule is CC(C)c1cccc(C(C)C)c1Oc1ccnc(-n2c3ccccc3c3ccc(Oc4cccc(N5CN(c6c(-c7ccccc7)cccc6-c6ccccc6)c6ccccc65)c4)cc32)c1. The minimum absolute atomic E-state index is 0.313. The van der Waals surface area contributed by atoms with Gasteiger partial charge in [0.15, 0.2) is 0 Å². The summed E-state index contributed by atoms with van der Waals surface area (Å²) in [6, 6.07) is 70.5. The molecule has 0 fully saturated rings. The highest BCUT2D eigenvalue weighted by Gasteiger charge is 2.31. The number of benzene rings is 8. The van der Waals surface area contributed by atoms with E-state index in [1.54, 1.807) is 0 Å². The molecule has 0 saturated carbocycles. The molecule has 6 nitrogen and oxygen atoms in total. The highest BCUT2D eigenvalue weighted by molar-refractivity contribution is 6.09. The van der Waals surface area contributed by atoms with Gasteiger partial charge in [0.25, 0.3) is 0 Å². The Morgan fingerprint density at radius 2 is 1.03 bits per heavy atom. The molecule has 11 rings (SSSR count). The zero-order valence-electron chi connectivity index (χ0n) is 37.6. The minimum atomic E-state index is 0.313. The summed E-state index contributed by atoms with van der Waals surface area (Å²) >= 11 is 0.